The van der Waals surface area contributed by atoms with Crippen molar-refractivity contribution in [2.75, 3.05) is 37.8 Å². The summed E-state index contributed by atoms with van der Waals surface area (Å²) in [6, 6.07) is 13.1. The van der Waals surface area contributed by atoms with Gasteiger partial charge in [-0.05, 0) is 51.4 Å². The molecule has 1 atom stereocenters. The van der Waals surface area contributed by atoms with Crippen molar-refractivity contribution in [3.05, 3.63) is 59.5 Å². The minimum atomic E-state index is -0.190. The number of fused-ring (bicyclic) bond motifs is 3. The van der Waals surface area contributed by atoms with Crippen LogP contribution in [0.4, 0.5) is 11.4 Å². The standard InChI is InChI=1S/C24H26N4O3S/c1-15-14-25-22-19-13-18(9-10-20(19)32-23(22)24(30)26-15)31-17-7-4-6-16(12-17)27-21(29)8-5-11-28(2)3/h4-10,12-13,15,25H,11,14H2,1-3H3,(H,26,30)(H,27,29)/b8-5+/t15-/m1/s1. The zero-order valence-electron chi connectivity index (χ0n) is 18.3. The topological polar surface area (TPSA) is 82.7 Å². The van der Waals surface area contributed by atoms with Crippen molar-refractivity contribution in [2.45, 2.75) is 13.0 Å². The van der Waals surface area contributed by atoms with Crippen LogP contribution in [0, 0.1) is 0 Å². The lowest BCUT2D eigenvalue weighted by atomic mass is 10.2. The van der Waals surface area contributed by atoms with Gasteiger partial charge in [-0.15, -0.1) is 11.3 Å². The molecule has 3 N–H and O–H groups in total. The zero-order valence-corrected chi connectivity index (χ0v) is 19.1. The quantitative estimate of drug-likeness (QED) is 0.488. The Morgan fingerprint density at radius 2 is 2.06 bits per heavy atom. The minimum absolute atomic E-state index is 0.0516. The average molecular weight is 451 g/mol. The molecule has 166 valence electrons. The van der Waals surface area contributed by atoms with Crippen LogP contribution in [-0.2, 0) is 4.79 Å². The number of benzene rings is 2. The van der Waals surface area contributed by atoms with E-state index < -0.39 is 0 Å². The lowest BCUT2D eigenvalue weighted by molar-refractivity contribution is -0.111. The smallest absolute Gasteiger partial charge is 0.263 e. The molecule has 4 rings (SSSR count). The van der Waals surface area contributed by atoms with Gasteiger partial charge in [0.1, 0.15) is 16.4 Å². The van der Waals surface area contributed by atoms with Crippen molar-refractivity contribution < 1.29 is 14.3 Å². The number of nitrogens with one attached hydrogen (secondary N) is 3. The molecule has 32 heavy (non-hydrogen) atoms. The molecule has 2 heterocycles. The van der Waals surface area contributed by atoms with E-state index >= 15 is 0 Å². The van der Waals surface area contributed by atoms with Crippen molar-refractivity contribution in [3.63, 3.8) is 0 Å². The second-order valence-electron chi connectivity index (χ2n) is 8.00. The molecule has 0 aliphatic carbocycles. The average Bonchev–Trinajstić information content (AvgIpc) is 3.03. The number of hydrogen-bond donors (Lipinski definition) is 3. The molecule has 0 bridgehead atoms. The van der Waals surface area contributed by atoms with Gasteiger partial charge in [0.05, 0.1) is 5.69 Å². The lowest BCUT2D eigenvalue weighted by Crippen LogP contribution is -2.34. The number of hydrogen-bond acceptors (Lipinski definition) is 6. The van der Waals surface area contributed by atoms with Gasteiger partial charge in [0, 0.05) is 47.0 Å². The monoisotopic (exact) mass is 450 g/mol. The van der Waals surface area contributed by atoms with Gasteiger partial charge in [0.25, 0.3) is 5.91 Å². The Morgan fingerprint density at radius 1 is 1.25 bits per heavy atom. The third kappa shape index (κ3) is 5.09. The summed E-state index contributed by atoms with van der Waals surface area (Å²) in [5, 5.41) is 10.2. The van der Waals surface area contributed by atoms with E-state index in [0.29, 0.717) is 35.2 Å². The van der Waals surface area contributed by atoms with Gasteiger partial charge in [0.15, 0.2) is 0 Å². The maximum Gasteiger partial charge on any atom is 0.263 e. The fourth-order valence-electron chi connectivity index (χ4n) is 3.40. The largest absolute Gasteiger partial charge is 0.457 e. The highest BCUT2D eigenvalue weighted by molar-refractivity contribution is 7.21. The second kappa shape index (κ2) is 9.42. The maximum absolute atomic E-state index is 12.5. The molecule has 1 aliphatic rings. The molecule has 0 fully saturated rings. The number of carbonyl (C=O) groups excluding carboxylic acids is 2. The maximum atomic E-state index is 12.5. The zero-order chi connectivity index (χ0) is 22.7. The predicted octanol–water partition coefficient (Wildman–Crippen LogP) is 4.29. The number of anilines is 2. The molecule has 2 aromatic carbocycles. The third-order valence-electron chi connectivity index (χ3n) is 4.91. The van der Waals surface area contributed by atoms with Gasteiger partial charge < -0.3 is 25.6 Å². The first-order valence-corrected chi connectivity index (χ1v) is 11.2. The summed E-state index contributed by atoms with van der Waals surface area (Å²) in [5.74, 6) is 1.03. The molecule has 0 radical (unpaired) electrons. The van der Waals surface area contributed by atoms with Crippen LogP contribution in [0.3, 0.4) is 0 Å². The molecule has 0 unspecified atom stereocenters. The number of ether oxygens (including phenoxy) is 1. The summed E-state index contributed by atoms with van der Waals surface area (Å²) in [4.78, 5) is 27.2. The van der Waals surface area contributed by atoms with Crippen molar-refractivity contribution in [1.82, 2.24) is 10.2 Å². The van der Waals surface area contributed by atoms with Crippen LogP contribution in [-0.4, -0.2) is 49.9 Å². The van der Waals surface area contributed by atoms with Crippen LogP contribution >= 0.6 is 11.3 Å². The predicted molar refractivity (Wildman–Crippen MR) is 130 cm³/mol. The summed E-state index contributed by atoms with van der Waals surface area (Å²) in [5.41, 5.74) is 1.50. The van der Waals surface area contributed by atoms with Gasteiger partial charge in [-0.3, -0.25) is 9.59 Å². The van der Waals surface area contributed by atoms with E-state index in [4.69, 9.17) is 4.74 Å². The Balaban J connectivity index is 1.51. The fourth-order valence-corrected chi connectivity index (χ4v) is 4.46. The molecule has 3 aromatic rings. The summed E-state index contributed by atoms with van der Waals surface area (Å²) in [6.07, 6.45) is 3.33. The molecule has 0 saturated carbocycles. The first-order chi connectivity index (χ1) is 15.4. The number of likely N-dealkylation sites (N-methyl/N-ethyl adjacent to an activating group) is 1. The lowest BCUT2D eigenvalue weighted by Gasteiger charge is -2.10. The summed E-state index contributed by atoms with van der Waals surface area (Å²) in [7, 11) is 3.89. The minimum Gasteiger partial charge on any atom is -0.457 e. The van der Waals surface area contributed by atoms with Crippen LogP contribution in [0.25, 0.3) is 10.1 Å². The highest BCUT2D eigenvalue weighted by atomic mass is 32.1. The third-order valence-corrected chi connectivity index (χ3v) is 6.07. The molecule has 0 saturated heterocycles. The molecular weight excluding hydrogens is 424 g/mol. The second-order valence-corrected chi connectivity index (χ2v) is 9.06. The van der Waals surface area contributed by atoms with Gasteiger partial charge in [-0.1, -0.05) is 12.1 Å². The molecule has 0 spiro atoms. The van der Waals surface area contributed by atoms with E-state index in [1.165, 1.54) is 17.4 Å². The molecule has 1 aromatic heterocycles. The summed E-state index contributed by atoms with van der Waals surface area (Å²) < 4.78 is 7.08. The van der Waals surface area contributed by atoms with E-state index in [9.17, 15) is 9.59 Å². The number of thiophene rings is 1. The van der Waals surface area contributed by atoms with Crippen molar-refractivity contribution in [3.8, 4) is 11.5 Å². The SMILES string of the molecule is C[C@@H]1CNc2c(sc3ccc(Oc4cccc(NC(=O)/C=C/CN(C)C)c4)cc23)C(=O)N1. The van der Waals surface area contributed by atoms with Crippen LogP contribution in [0.2, 0.25) is 0 Å². The van der Waals surface area contributed by atoms with Gasteiger partial charge in [-0.2, -0.15) is 0 Å². The summed E-state index contributed by atoms with van der Waals surface area (Å²) >= 11 is 1.47. The number of amides is 2. The first-order valence-electron chi connectivity index (χ1n) is 10.4. The van der Waals surface area contributed by atoms with E-state index in [0.717, 1.165) is 15.8 Å². The van der Waals surface area contributed by atoms with Gasteiger partial charge in [-0.25, -0.2) is 0 Å². The molecular formula is C24H26N4O3S. The van der Waals surface area contributed by atoms with Gasteiger partial charge >= 0.3 is 0 Å². The Labute approximate surface area is 191 Å². The van der Waals surface area contributed by atoms with E-state index in [1.807, 2.05) is 68.4 Å². The number of rotatable bonds is 6. The van der Waals surface area contributed by atoms with Crippen LogP contribution in [0.1, 0.15) is 16.6 Å². The fraction of sp³-hybridized carbons (Fsp3) is 0.250. The highest BCUT2D eigenvalue weighted by Gasteiger charge is 2.23. The Morgan fingerprint density at radius 3 is 2.88 bits per heavy atom. The summed E-state index contributed by atoms with van der Waals surface area (Å²) in [6.45, 7) is 3.34. The normalized spacial score (nSPS) is 15.9. The number of nitrogens with zero attached hydrogens (tertiary/aromatic N) is 1. The van der Waals surface area contributed by atoms with Crippen LogP contribution in [0.5, 0.6) is 11.5 Å². The molecule has 8 heteroatoms. The van der Waals surface area contributed by atoms with Gasteiger partial charge in [0.2, 0.25) is 5.91 Å². The Kier molecular flexibility index (Phi) is 6.43. The highest BCUT2D eigenvalue weighted by Crippen LogP contribution is 2.39. The van der Waals surface area contributed by atoms with Crippen molar-refractivity contribution >= 4 is 44.6 Å². The Bertz CT molecular complexity index is 1190. The molecule has 2 amide bonds. The van der Waals surface area contributed by atoms with E-state index in [1.54, 1.807) is 6.07 Å². The van der Waals surface area contributed by atoms with Crippen molar-refractivity contribution in [2.24, 2.45) is 0 Å². The number of carbonyl (C=O) groups is 2. The Hall–Kier alpha value is -3.36. The molecule has 1 aliphatic heterocycles. The van der Waals surface area contributed by atoms with Crippen LogP contribution in [0.15, 0.2) is 54.6 Å². The van der Waals surface area contributed by atoms with Crippen LogP contribution < -0.4 is 20.7 Å². The van der Waals surface area contributed by atoms with Crippen molar-refractivity contribution in [1.29, 1.82) is 0 Å². The first kappa shape index (κ1) is 21.9. The molecule has 7 nitrogen and oxygen atoms in total. The van der Waals surface area contributed by atoms with E-state index in [-0.39, 0.29) is 17.9 Å². The van der Waals surface area contributed by atoms with E-state index in [2.05, 4.69) is 16.0 Å².